The van der Waals surface area contributed by atoms with E-state index in [0.29, 0.717) is 30.8 Å². The standard InChI is InChI=1S/C26H31N3O3S2/c30-25(29-19-7-9-23(29)26-27-22-8-3-4-10-24(22)33-26)16-13-20-11-14-21(15-12-20)34(31,32)28-17-5-1-2-6-18-28/h3-4,8,10-12,14-15,23H,1-2,5-7,9,13,16-19H2/t23-/m1/s1. The summed E-state index contributed by atoms with van der Waals surface area (Å²) >= 11 is 1.68. The molecule has 3 aromatic rings. The van der Waals surface area contributed by atoms with Gasteiger partial charge in [-0.2, -0.15) is 4.31 Å². The Kier molecular flexibility index (Phi) is 6.99. The number of hydrogen-bond acceptors (Lipinski definition) is 5. The Bertz CT molecular complexity index is 1210. The molecule has 0 spiro atoms. The second-order valence-corrected chi connectivity index (χ2v) is 12.2. The van der Waals surface area contributed by atoms with Crippen molar-refractivity contribution in [1.29, 1.82) is 0 Å². The summed E-state index contributed by atoms with van der Waals surface area (Å²) in [5.41, 5.74) is 1.98. The quantitative estimate of drug-likeness (QED) is 0.472. The number of aromatic nitrogens is 1. The van der Waals surface area contributed by atoms with Crippen LogP contribution >= 0.6 is 11.3 Å². The van der Waals surface area contributed by atoms with Gasteiger partial charge in [-0.3, -0.25) is 4.79 Å². The molecule has 2 aromatic carbocycles. The van der Waals surface area contributed by atoms with Gasteiger partial charge in [-0.25, -0.2) is 13.4 Å². The van der Waals surface area contributed by atoms with Crippen LogP contribution in [0.25, 0.3) is 10.2 Å². The number of rotatable bonds is 6. The first-order chi connectivity index (χ1) is 16.5. The maximum Gasteiger partial charge on any atom is 0.243 e. The Morgan fingerprint density at radius 2 is 1.68 bits per heavy atom. The van der Waals surface area contributed by atoms with E-state index in [1.165, 1.54) is 0 Å². The zero-order valence-electron chi connectivity index (χ0n) is 19.4. The van der Waals surface area contributed by atoms with E-state index in [9.17, 15) is 13.2 Å². The van der Waals surface area contributed by atoms with Gasteiger partial charge < -0.3 is 4.90 Å². The van der Waals surface area contributed by atoms with E-state index in [-0.39, 0.29) is 11.9 Å². The summed E-state index contributed by atoms with van der Waals surface area (Å²) in [6.45, 7) is 1.97. The number of para-hydroxylation sites is 1. The predicted molar refractivity (Wildman–Crippen MR) is 135 cm³/mol. The summed E-state index contributed by atoms with van der Waals surface area (Å²) in [5.74, 6) is 0.142. The maximum absolute atomic E-state index is 13.1. The zero-order chi connectivity index (χ0) is 23.5. The molecular formula is C26H31N3O3S2. The van der Waals surface area contributed by atoms with Gasteiger partial charge in [0.2, 0.25) is 15.9 Å². The van der Waals surface area contributed by atoms with Crippen LogP contribution in [0.1, 0.15) is 61.6 Å². The highest BCUT2D eigenvalue weighted by molar-refractivity contribution is 7.89. The summed E-state index contributed by atoms with van der Waals surface area (Å²) in [6.07, 6.45) is 7.00. The van der Waals surface area contributed by atoms with Gasteiger partial charge >= 0.3 is 0 Å². The van der Waals surface area contributed by atoms with Crippen LogP contribution < -0.4 is 0 Å². The van der Waals surface area contributed by atoms with Crippen LogP contribution in [-0.2, 0) is 21.2 Å². The fourth-order valence-electron chi connectivity index (χ4n) is 5.01. The Morgan fingerprint density at radius 1 is 0.941 bits per heavy atom. The van der Waals surface area contributed by atoms with E-state index in [4.69, 9.17) is 4.98 Å². The molecule has 180 valence electrons. The molecular weight excluding hydrogens is 466 g/mol. The fraction of sp³-hybridized carbons (Fsp3) is 0.462. The van der Waals surface area contributed by atoms with Crippen molar-refractivity contribution >= 4 is 37.5 Å². The second kappa shape index (κ2) is 10.1. The van der Waals surface area contributed by atoms with Crippen molar-refractivity contribution in [3.05, 3.63) is 59.1 Å². The minimum absolute atomic E-state index is 0.0612. The molecule has 34 heavy (non-hydrogen) atoms. The van der Waals surface area contributed by atoms with Gasteiger partial charge in [0.1, 0.15) is 5.01 Å². The number of aryl methyl sites for hydroxylation is 1. The lowest BCUT2D eigenvalue weighted by Gasteiger charge is -2.23. The first kappa shape index (κ1) is 23.5. The monoisotopic (exact) mass is 497 g/mol. The molecule has 0 N–H and O–H groups in total. The highest BCUT2D eigenvalue weighted by Crippen LogP contribution is 2.36. The molecule has 0 bridgehead atoms. The summed E-state index contributed by atoms with van der Waals surface area (Å²) in [5, 5.41) is 1.02. The molecule has 5 rings (SSSR count). The predicted octanol–water partition coefficient (Wildman–Crippen LogP) is 5.16. The van der Waals surface area contributed by atoms with Crippen LogP contribution in [-0.4, -0.2) is 48.1 Å². The number of carbonyl (C=O) groups is 1. The van der Waals surface area contributed by atoms with E-state index in [2.05, 4.69) is 6.07 Å². The van der Waals surface area contributed by atoms with E-state index < -0.39 is 10.0 Å². The number of nitrogens with zero attached hydrogens (tertiary/aromatic N) is 3. The van der Waals surface area contributed by atoms with Crippen LogP contribution in [0.5, 0.6) is 0 Å². The van der Waals surface area contributed by atoms with Crippen molar-refractivity contribution in [3.8, 4) is 0 Å². The summed E-state index contributed by atoms with van der Waals surface area (Å²) in [7, 11) is -3.44. The lowest BCUT2D eigenvalue weighted by molar-refractivity contribution is -0.132. The van der Waals surface area contributed by atoms with Crippen LogP contribution in [0.4, 0.5) is 0 Å². The lowest BCUT2D eigenvalue weighted by Crippen LogP contribution is -2.32. The van der Waals surface area contributed by atoms with Crippen molar-refractivity contribution in [2.24, 2.45) is 0 Å². The van der Waals surface area contributed by atoms with E-state index in [0.717, 1.165) is 65.9 Å². The molecule has 6 nitrogen and oxygen atoms in total. The molecule has 2 aliphatic rings. The zero-order valence-corrected chi connectivity index (χ0v) is 21.0. The van der Waals surface area contributed by atoms with Gasteiger partial charge in [0.05, 0.1) is 21.2 Å². The molecule has 0 unspecified atom stereocenters. The van der Waals surface area contributed by atoms with Crippen molar-refractivity contribution in [2.75, 3.05) is 19.6 Å². The molecule has 2 aliphatic heterocycles. The normalized spacial score (nSPS) is 20.0. The minimum atomic E-state index is -3.44. The Hall–Kier alpha value is -2.29. The van der Waals surface area contributed by atoms with Crippen molar-refractivity contribution < 1.29 is 13.2 Å². The van der Waals surface area contributed by atoms with Crippen LogP contribution in [0, 0.1) is 0 Å². The molecule has 1 aromatic heterocycles. The molecule has 0 aliphatic carbocycles. The molecule has 2 fully saturated rings. The number of sulfonamides is 1. The number of thiazole rings is 1. The SMILES string of the molecule is O=C(CCc1ccc(S(=O)(=O)N2CCCCCC2)cc1)N1CCC[C@@H]1c1nc2ccccc2s1. The van der Waals surface area contributed by atoms with Gasteiger partial charge in [0.15, 0.2) is 0 Å². The highest BCUT2D eigenvalue weighted by Gasteiger charge is 2.32. The Morgan fingerprint density at radius 3 is 2.41 bits per heavy atom. The van der Waals surface area contributed by atoms with Crippen LogP contribution in [0.2, 0.25) is 0 Å². The largest absolute Gasteiger partial charge is 0.333 e. The number of likely N-dealkylation sites (tertiary alicyclic amines) is 1. The van der Waals surface area contributed by atoms with Gasteiger partial charge in [-0.15, -0.1) is 11.3 Å². The van der Waals surface area contributed by atoms with Crippen molar-refractivity contribution in [3.63, 3.8) is 0 Å². The third kappa shape index (κ3) is 4.90. The third-order valence-corrected chi connectivity index (χ3v) is 9.97. The number of carbonyl (C=O) groups excluding carboxylic acids is 1. The highest BCUT2D eigenvalue weighted by atomic mass is 32.2. The number of amides is 1. The topological polar surface area (TPSA) is 70.6 Å². The van der Waals surface area contributed by atoms with E-state index in [1.54, 1.807) is 27.8 Å². The number of fused-ring (bicyclic) bond motifs is 1. The molecule has 3 heterocycles. The van der Waals surface area contributed by atoms with Crippen LogP contribution in [0.15, 0.2) is 53.4 Å². The smallest absolute Gasteiger partial charge is 0.243 e. The Balaban J connectivity index is 1.22. The Labute approximate surface area is 205 Å². The molecule has 1 amide bonds. The number of hydrogen-bond donors (Lipinski definition) is 0. The molecule has 8 heteroatoms. The first-order valence-corrected chi connectivity index (χ1v) is 14.5. The average molecular weight is 498 g/mol. The third-order valence-electron chi connectivity index (χ3n) is 6.92. The molecule has 2 saturated heterocycles. The summed E-state index contributed by atoms with van der Waals surface area (Å²) in [6, 6.07) is 15.3. The minimum Gasteiger partial charge on any atom is -0.333 e. The average Bonchev–Trinajstić information content (AvgIpc) is 3.42. The van der Waals surface area contributed by atoms with E-state index in [1.807, 2.05) is 35.2 Å². The van der Waals surface area contributed by atoms with Gasteiger partial charge in [0, 0.05) is 26.1 Å². The fourth-order valence-corrected chi connectivity index (χ4v) is 7.64. The maximum atomic E-state index is 13.1. The van der Waals surface area contributed by atoms with Gasteiger partial charge in [-0.05, 0) is 61.9 Å². The van der Waals surface area contributed by atoms with Gasteiger partial charge in [-0.1, -0.05) is 37.1 Å². The van der Waals surface area contributed by atoms with Crippen molar-refractivity contribution in [1.82, 2.24) is 14.2 Å². The summed E-state index contributed by atoms with van der Waals surface area (Å²) < 4.78 is 28.8. The van der Waals surface area contributed by atoms with E-state index >= 15 is 0 Å². The lowest BCUT2D eigenvalue weighted by atomic mass is 10.1. The number of benzene rings is 2. The summed E-state index contributed by atoms with van der Waals surface area (Å²) in [4.78, 5) is 20.2. The molecule has 1 atom stereocenters. The van der Waals surface area contributed by atoms with Crippen molar-refractivity contribution in [2.45, 2.75) is 62.3 Å². The van der Waals surface area contributed by atoms with Crippen LogP contribution in [0.3, 0.4) is 0 Å². The second-order valence-electron chi connectivity index (χ2n) is 9.23. The van der Waals surface area contributed by atoms with Gasteiger partial charge in [0.25, 0.3) is 0 Å². The molecule has 0 radical (unpaired) electrons. The first-order valence-electron chi connectivity index (χ1n) is 12.3. The molecule has 0 saturated carbocycles.